The van der Waals surface area contributed by atoms with E-state index < -0.39 is 0 Å². The van der Waals surface area contributed by atoms with Gasteiger partial charge in [0.1, 0.15) is 5.69 Å². The molecule has 1 fully saturated rings. The topological polar surface area (TPSA) is 74.0 Å². The van der Waals surface area contributed by atoms with Crippen LogP contribution in [0.2, 0.25) is 0 Å². The lowest BCUT2D eigenvalue weighted by molar-refractivity contribution is 0.101. The van der Waals surface area contributed by atoms with E-state index in [2.05, 4.69) is 40.6 Å². The van der Waals surface area contributed by atoms with Gasteiger partial charge in [0.2, 0.25) is 0 Å². The van der Waals surface area contributed by atoms with E-state index in [1.807, 2.05) is 28.3 Å². The molecule has 1 N–H and O–H groups in total. The normalized spacial score (nSPS) is 16.0. The van der Waals surface area contributed by atoms with Crippen LogP contribution in [0.3, 0.4) is 0 Å². The van der Waals surface area contributed by atoms with Crippen LogP contribution in [0.1, 0.15) is 47.9 Å². The van der Waals surface area contributed by atoms with Crippen LogP contribution in [0.15, 0.2) is 54.0 Å². The number of nitriles is 1. The predicted molar refractivity (Wildman–Crippen MR) is 115 cm³/mol. The van der Waals surface area contributed by atoms with Crippen LogP contribution < -0.4 is 10.2 Å². The average Bonchev–Trinajstić information content (AvgIpc) is 3.49. The van der Waals surface area contributed by atoms with Crippen LogP contribution >= 0.6 is 11.3 Å². The van der Waals surface area contributed by atoms with E-state index in [1.165, 1.54) is 17.0 Å². The van der Waals surface area contributed by atoms with Crippen molar-refractivity contribution in [1.82, 2.24) is 9.55 Å². The number of nitrogens with zero attached hydrogens (tertiary/aromatic N) is 4. The first-order valence-electron chi connectivity index (χ1n) is 9.87. The minimum absolute atomic E-state index is 0.167. The second kappa shape index (κ2) is 8.93. The van der Waals surface area contributed by atoms with Gasteiger partial charge in [0.25, 0.3) is 5.91 Å². The Balaban J connectivity index is 1.44. The van der Waals surface area contributed by atoms with Gasteiger partial charge in [-0.2, -0.15) is 5.26 Å². The summed E-state index contributed by atoms with van der Waals surface area (Å²) >= 11 is 1.46. The number of carbonyl (C=O) groups is 1. The summed E-state index contributed by atoms with van der Waals surface area (Å²) in [6, 6.07) is 16.4. The smallest absolute Gasteiger partial charge is 0.274 e. The van der Waals surface area contributed by atoms with E-state index in [-0.39, 0.29) is 11.9 Å². The number of rotatable bonds is 7. The lowest BCUT2D eigenvalue weighted by Crippen LogP contribution is -2.22. The number of unbranched alkanes of at least 4 members (excludes halogenated alkanes) is 1. The summed E-state index contributed by atoms with van der Waals surface area (Å²) in [7, 11) is 0. The third-order valence-electron chi connectivity index (χ3n) is 5.17. The molecule has 4 rings (SSSR count). The van der Waals surface area contributed by atoms with E-state index in [1.54, 1.807) is 6.07 Å². The SMILES string of the molecule is N#CCCCn1cccc1C(=O)Nc1nc([C@H]2CCCN2c2ccccc2)cs1. The Labute approximate surface area is 174 Å². The Morgan fingerprint density at radius 2 is 2.14 bits per heavy atom. The van der Waals surface area contributed by atoms with Gasteiger partial charge in [-0.1, -0.05) is 18.2 Å². The molecule has 29 heavy (non-hydrogen) atoms. The lowest BCUT2D eigenvalue weighted by Gasteiger charge is -2.25. The zero-order chi connectivity index (χ0) is 20.1. The van der Waals surface area contributed by atoms with E-state index in [0.717, 1.165) is 31.5 Å². The molecular formula is C22H23N5OS. The molecule has 1 atom stereocenters. The van der Waals surface area contributed by atoms with Gasteiger partial charge < -0.3 is 9.47 Å². The van der Waals surface area contributed by atoms with Crippen molar-refractivity contribution >= 4 is 28.1 Å². The minimum atomic E-state index is -0.167. The molecule has 1 aliphatic rings. The standard InChI is InChI=1S/C22H23N5OS/c23-12-4-5-13-26-14-6-11-20(26)21(28)25-22-24-18(16-29-22)19-10-7-15-27(19)17-8-2-1-3-9-17/h1-3,6,8-9,11,14,16,19H,4-5,7,10,13,15H2,(H,24,25,28)/t19-/m1/s1. The number of thiazole rings is 1. The number of aromatic nitrogens is 2. The van der Waals surface area contributed by atoms with Crippen molar-refractivity contribution in [2.24, 2.45) is 0 Å². The van der Waals surface area contributed by atoms with Gasteiger partial charge in [-0.05, 0) is 43.5 Å². The molecule has 148 valence electrons. The molecule has 0 unspecified atom stereocenters. The van der Waals surface area contributed by atoms with Crippen LogP contribution in [0.4, 0.5) is 10.8 Å². The predicted octanol–water partition coefficient (Wildman–Crippen LogP) is 4.84. The van der Waals surface area contributed by atoms with E-state index in [9.17, 15) is 4.79 Å². The fraction of sp³-hybridized carbons (Fsp3) is 0.318. The van der Waals surface area contributed by atoms with E-state index in [4.69, 9.17) is 10.2 Å². The molecular weight excluding hydrogens is 382 g/mol. The van der Waals surface area contributed by atoms with Crippen LogP contribution in [0.25, 0.3) is 0 Å². The number of hydrogen-bond donors (Lipinski definition) is 1. The summed E-state index contributed by atoms with van der Waals surface area (Å²) in [6.45, 7) is 1.67. The summed E-state index contributed by atoms with van der Waals surface area (Å²) < 4.78 is 1.88. The van der Waals surface area contributed by atoms with Gasteiger partial charge in [0.05, 0.1) is 17.8 Å². The second-order valence-electron chi connectivity index (χ2n) is 7.07. The highest BCUT2D eigenvalue weighted by molar-refractivity contribution is 7.14. The van der Waals surface area contributed by atoms with E-state index >= 15 is 0 Å². The molecule has 1 aliphatic heterocycles. The largest absolute Gasteiger partial charge is 0.363 e. The Morgan fingerprint density at radius 3 is 2.97 bits per heavy atom. The molecule has 6 nitrogen and oxygen atoms in total. The molecule has 1 aromatic carbocycles. The van der Waals surface area contributed by atoms with Gasteiger partial charge in [0.15, 0.2) is 5.13 Å². The summed E-state index contributed by atoms with van der Waals surface area (Å²) in [5, 5.41) is 14.3. The molecule has 7 heteroatoms. The van der Waals surface area contributed by atoms with Crippen molar-refractivity contribution in [3.05, 3.63) is 65.4 Å². The first kappa shape index (κ1) is 19.2. The van der Waals surface area contributed by atoms with Gasteiger partial charge in [-0.25, -0.2) is 4.98 Å². The maximum Gasteiger partial charge on any atom is 0.274 e. The van der Waals surface area contributed by atoms with Gasteiger partial charge >= 0.3 is 0 Å². The molecule has 0 spiro atoms. The summed E-state index contributed by atoms with van der Waals surface area (Å²) in [5.74, 6) is -0.167. The molecule has 3 heterocycles. The molecule has 1 amide bonds. The zero-order valence-electron chi connectivity index (χ0n) is 16.1. The Hall–Kier alpha value is -3.11. The van der Waals surface area contributed by atoms with Crippen molar-refractivity contribution in [3.8, 4) is 6.07 Å². The molecule has 0 aliphatic carbocycles. The number of amides is 1. The summed E-state index contributed by atoms with van der Waals surface area (Å²) in [4.78, 5) is 19.8. The summed E-state index contributed by atoms with van der Waals surface area (Å²) in [6.07, 6.45) is 5.27. The monoisotopic (exact) mass is 405 g/mol. The Kier molecular flexibility index (Phi) is 5.92. The Morgan fingerprint density at radius 1 is 1.28 bits per heavy atom. The number of aryl methyl sites for hydroxylation is 1. The van der Waals surface area contributed by atoms with Crippen molar-refractivity contribution in [2.45, 2.75) is 38.3 Å². The zero-order valence-corrected chi connectivity index (χ0v) is 16.9. The molecule has 3 aromatic rings. The van der Waals surface area contributed by atoms with Gasteiger partial charge in [-0.15, -0.1) is 11.3 Å². The van der Waals surface area contributed by atoms with Crippen molar-refractivity contribution < 1.29 is 4.79 Å². The number of nitrogens with one attached hydrogen (secondary N) is 1. The minimum Gasteiger partial charge on any atom is -0.363 e. The number of para-hydroxylation sites is 1. The molecule has 0 radical (unpaired) electrons. The van der Waals surface area contributed by atoms with E-state index in [0.29, 0.717) is 23.8 Å². The number of anilines is 2. The van der Waals surface area contributed by atoms with Crippen LogP contribution in [-0.4, -0.2) is 22.0 Å². The maximum atomic E-state index is 12.7. The van der Waals surface area contributed by atoms with Crippen LogP contribution in [0.5, 0.6) is 0 Å². The van der Waals surface area contributed by atoms with Crippen LogP contribution in [0, 0.1) is 11.3 Å². The number of carbonyl (C=O) groups excluding carboxylic acids is 1. The first-order chi connectivity index (χ1) is 14.3. The van der Waals surface area contributed by atoms with Crippen molar-refractivity contribution in [3.63, 3.8) is 0 Å². The highest BCUT2D eigenvalue weighted by Gasteiger charge is 2.28. The fourth-order valence-electron chi connectivity index (χ4n) is 3.80. The highest BCUT2D eigenvalue weighted by atomic mass is 32.1. The van der Waals surface area contributed by atoms with Gasteiger partial charge in [-0.3, -0.25) is 10.1 Å². The highest BCUT2D eigenvalue weighted by Crippen LogP contribution is 2.37. The van der Waals surface area contributed by atoms with Crippen molar-refractivity contribution in [2.75, 3.05) is 16.8 Å². The van der Waals surface area contributed by atoms with Crippen LogP contribution in [-0.2, 0) is 6.54 Å². The van der Waals surface area contributed by atoms with Crippen molar-refractivity contribution in [1.29, 1.82) is 5.26 Å². The number of hydrogen-bond acceptors (Lipinski definition) is 5. The third kappa shape index (κ3) is 4.33. The third-order valence-corrected chi connectivity index (χ3v) is 5.95. The maximum absolute atomic E-state index is 12.7. The fourth-order valence-corrected chi connectivity index (χ4v) is 4.56. The molecule has 2 aromatic heterocycles. The average molecular weight is 406 g/mol. The summed E-state index contributed by atoms with van der Waals surface area (Å²) in [5.41, 5.74) is 2.81. The Bertz CT molecular complexity index is 1000. The molecule has 0 bridgehead atoms. The second-order valence-corrected chi connectivity index (χ2v) is 7.93. The molecule has 1 saturated heterocycles. The number of benzene rings is 1. The quantitative estimate of drug-likeness (QED) is 0.571. The van der Waals surface area contributed by atoms with Gasteiger partial charge in [0, 0.05) is 36.8 Å². The lowest BCUT2D eigenvalue weighted by atomic mass is 10.1. The first-order valence-corrected chi connectivity index (χ1v) is 10.7. The molecule has 0 saturated carbocycles.